The number of carboxylic acids is 1. The SMILES string of the molecule is O=C(O)CC(N=CNS(=O)(=O)c1ccccc1)SCc1ccccc1OC(F)F. The summed E-state index contributed by atoms with van der Waals surface area (Å²) in [7, 11) is -3.83. The fourth-order valence-corrected chi connectivity index (χ4v) is 4.04. The molecule has 156 valence electrons. The molecule has 0 bridgehead atoms. The van der Waals surface area contributed by atoms with Gasteiger partial charge in [-0.3, -0.25) is 14.5 Å². The third-order valence-corrected chi connectivity index (χ3v) is 5.93. The van der Waals surface area contributed by atoms with Crippen molar-refractivity contribution in [3.05, 3.63) is 60.2 Å². The van der Waals surface area contributed by atoms with Gasteiger partial charge in [-0.25, -0.2) is 8.42 Å². The number of aliphatic carboxylic acids is 1. The van der Waals surface area contributed by atoms with E-state index < -0.39 is 28.0 Å². The smallest absolute Gasteiger partial charge is 0.387 e. The number of hydrogen-bond donors (Lipinski definition) is 2. The van der Waals surface area contributed by atoms with Crippen molar-refractivity contribution in [1.82, 2.24) is 4.72 Å². The Morgan fingerprint density at radius 1 is 1.17 bits per heavy atom. The van der Waals surface area contributed by atoms with E-state index in [-0.39, 0.29) is 22.8 Å². The number of sulfonamides is 1. The second-order valence-corrected chi connectivity index (χ2v) is 8.44. The van der Waals surface area contributed by atoms with Crippen LogP contribution in [0.1, 0.15) is 12.0 Å². The molecule has 11 heteroatoms. The predicted octanol–water partition coefficient (Wildman–Crippen LogP) is 3.33. The van der Waals surface area contributed by atoms with Crippen LogP contribution in [0.2, 0.25) is 0 Å². The van der Waals surface area contributed by atoms with Gasteiger partial charge in [-0.05, 0) is 18.2 Å². The van der Waals surface area contributed by atoms with Gasteiger partial charge in [0.25, 0.3) is 10.0 Å². The summed E-state index contributed by atoms with van der Waals surface area (Å²) < 4.78 is 55.9. The normalized spacial score (nSPS) is 12.8. The second-order valence-electron chi connectivity index (χ2n) is 5.56. The lowest BCUT2D eigenvalue weighted by molar-refractivity contribution is -0.136. The molecule has 0 heterocycles. The minimum atomic E-state index is -3.83. The topological polar surface area (TPSA) is 105 Å². The molecule has 0 spiro atoms. The third-order valence-electron chi connectivity index (χ3n) is 3.47. The summed E-state index contributed by atoms with van der Waals surface area (Å²) in [6.45, 7) is -2.98. The van der Waals surface area contributed by atoms with E-state index in [2.05, 4.69) is 14.5 Å². The monoisotopic (exact) mass is 444 g/mol. The quantitative estimate of drug-likeness (QED) is 0.407. The summed E-state index contributed by atoms with van der Waals surface area (Å²) >= 11 is 1.05. The van der Waals surface area contributed by atoms with E-state index in [9.17, 15) is 22.0 Å². The minimum absolute atomic E-state index is 0.0159. The van der Waals surface area contributed by atoms with Crippen LogP contribution in [0.15, 0.2) is 64.5 Å². The molecule has 0 aliphatic rings. The van der Waals surface area contributed by atoms with Crippen molar-refractivity contribution in [1.29, 1.82) is 0 Å². The first kappa shape index (κ1) is 22.6. The van der Waals surface area contributed by atoms with Gasteiger partial charge >= 0.3 is 12.6 Å². The molecule has 0 aliphatic heterocycles. The first-order chi connectivity index (χ1) is 13.8. The maximum Gasteiger partial charge on any atom is 0.387 e. The van der Waals surface area contributed by atoms with Crippen LogP contribution in [-0.4, -0.2) is 37.8 Å². The molecule has 2 aromatic rings. The summed E-state index contributed by atoms with van der Waals surface area (Å²) in [5.74, 6) is -1.01. The average Bonchev–Trinajstić information content (AvgIpc) is 2.66. The van der Waals surface area contributed by atoms with Gasteiger partial charge in [0, 0.05) is 11.3 Å². The molecule has 7 nitrogen and oxygen atoms in total. The Morgan fingerprint density at radius 2 is 1.83 bits per heavy atom. The van der Waals surface area contributed by atoms with Crippen LogP contribution in [0.3, 0.4) is 0 Å². The Bertz CT molecular complexity index is 940. The number of thioether (sulfide) groups is 1. The summed E-state index contributed by atoms with van der Waals surface area (Å²) in [4.78, 5) is 15.1. The molecule has 0 aliphatic carbocycles. The number of nitrogens with zero attached hydrogens (tertiary/aromatic N) is 1. The molecule has 0 amide bonds. The van der Waals surface area contributed by atoms with E-state index >= 15 is 0 Å². The molecule has 2 aromatic carbocycles. The molecule has 0 saturated carbocycles. The number of carboxylic acid groups (broad SMARTS) is 1. The largest absolute Gasteiger partial charge is 0.481 e. The Morgan fingerprint density at radius 3 is 2.48 bits per heavy atom. The number of ether oxygens (including phenoxy) is 1. The second kappa shape index (κ2) is 10.8. The molecule has 0 aromatic heterocycles. The Hall–Kier alpha value is -2.66. The summed E-state index contributed by atoms with van der Waals surface area (Å²) in [6, 6.07) is 13.7. The fraction of sp³-hybridized carbons (Fsp3) is 0.222. The van der Waals surface area contributed by atoms with E-state index in [1.807, 2.05) is 0 Å². The van der Waals surface area contributed by atoms with Crippen molar-refractivity contribution in [3.63, 3.8) is 0 Å². The van der Waals surface area contributed by atoms with Crippen molar-refractivity contribution < 1.29 is 31.8 Å². The van der Waals surface area contributed by atoms with Gasteiger partial charge in [0.05, 0.1) is 17.7 Å². The van der Waals surface area contributed by atoms with Gasteiger partial charge in [0.15, 0.2) is 0 Å². The van der Waals surface area contributed by atoms with Crippen LogP contribution in [-0.2, 0) is 20.6 Å². The lowest BCUT2D eigenvalue weighted by atomic mass is 10.2. The molecule has 0 radical (unpaired) electrons. The van der Waals surface area contributed by atoms with E-state index in [4.69, 9.17) is 5.11 Å². The van der Waals surface area contributed by atoms with E-state index in [0.717, 1.165) is 18.1 Å². The Kier molecular flexibility index (Phi) is 8.40. The molecule has 2 N–H and O–H groups in total. The molecule has 0 saturated heterocycles. The number of alkyl halides is 2. The molecule has 1 atom stereocenters. The first-order valence-corrected chi connectivity index (χ1v) is 10.8. The van der Waals surface area contributed by atoms with Crippen LogP contribution < -0.4 is 9.46 Å². The highest BCUT2D eigenvalue weighted by Gasteiger charge is 2.16. The molecular formula is C18H18F2N2O5S2. The highest BCUT2D eigenvalue weighted by Crippen LogP contribution is 2.28. The zero-order valence-electron chi connectivity index (χ0n) is 14.9. The maximum atomic E-state index is 12.5. The number of carbonyl (C=O) groups is 1. The van der Waals surface area contributed by atoms with Crippen LogP contribution >= 0.6 is 11.8 Å². The summed E-state index contributed by atoms with van der Waals surface area (Å²) in [5, 5.41) is 8.20. The number of rotatable bonds is 11. The van der Waals surface area contributed by atoms with Crippen molar-refractivity contribution in [2.45, 2.75) is 29.1 Å². The van der Waals surface area contributed by atoms with E-state index in [0.29, 0.717) is 5.56 Å². The van der Waals surface area contributed by atoms with Gasteiger partial charge in [0.2, 0.25) is 0 Å². The lowest BCUT2D eigenvalue weighted by Gasteiger charge is -2.13. The number of para-hydroxylation sites is 1. The van der Waals surface area contributed by atoms with Gasteiger partial charge in [-0.2, -0.15) is 8.78 Å². The van der Waals surface area contributed by atoms with Crippen molar-refractivity contribution in [2.24, 2.45) is 4.99 Å². The van der Waals surface area contributed by atoms with Gasteiger partial charge < -0.3 is 9.84 Å². The van der Waals surface area contributed by atoms with E-state index in [1.54, 1.807) is 30.3 Å². The van der Waals surface area contributed by atoms with Gasteiger partial charge in [0.1, 0.15) is 11.1 Å². The zero-order chi connectivity index (χ0) is 21.3. The van der Waals surface area contributed by atoms with Crippen molar-refractivity contribution in [3.8, 4) is 5.75 Å². The molecular weight excluding hydrogens is 426 g/mol. The third kappa shape index (κ3) is 7.70. The molecule has 1 unspecified atom stereocenters. The van der Waals surface area contributed by atoms with Crippen LogP contribution in [0.25, 0.3) is 0 Å². The Balaban J connectivity index is 2.05. The first-order valence-electron chi connectivity index (χ1n) is 8.23. The number of nitrogens with one attached hydrogen (secondary N) is 1. The maximum absolute atomic E-state index is 12.5. The Labute approximate surface area is 170 Å². The highest BCUT2D eigenvalue weighted by atomic mass is 32.2. The van der Waals surface area contributed by atoms with Gasteiger partial charge in [-0.15, -0.1) is 11.8 Å². The van der Waals surface area contributed by atoms with Gasteiger partial charge in [-0.1, -0.05) is 36.4 Å². The van der Waals surface area contributed by atoms with Crippen LogP contribution in [0, 0.1) is 0 Å². The number of halogens is 2. The highest BCUT2D eigenvalue weighted by molar-refractivity contribution is 7.99. The van der Waals surface area contributed by atoms with Crippen molar-refractivity contribution in [2.75, 3.05) is 0 Å². The molecule has 0 fully saturated rings. The van der Waals surface area contributed by atoms with E-state index in [1.165, 1.54) is 24.3 Å². The number of hydrogen-bond acceptors (Lipinski definition) is 6. The number of benzene rings is 2. The van der Waals surface area contributed by atoms with Crippen molar-refractivity contribution >= 4 is 34.1 Å². The van der Waals surface area contributed by atoms with Crippen LogP contribution in [0.4, 0.5) is 8.78 Å². The fourth-order valence-electron chi connectivity index (χ4n) is 2.17. The molecule has 2 rings (SSSR count). The molecule has 29 heavy (non-hydrogen) atoms. The summed E-state index contributed by atoms with van der Waals surface area (Å²) in [5.41, 5.74) is 0.438. The minimum Gasteiger partial charge on any atom is -0.481 e. The zero-order valence-corrected chi connectivity index (χ0v) is 16.6. The predicted molar refractivity (Wildman–Crippen MR) is 106 cm³/mol. The van der Waals surface area contributed by atoms with Crippen LogP contribution in [0.5, 0.6) is 5.75 Å². The summed E-state index contributed by atoms with van der Waals surface area (Å²) in [6.07, 6.45) is 0.538. The average molecular weight is 444 g/mol. The number of aliphatic imine (C=N–C) groups is 1. The standard InChI is InChI=1S/C18H18F2N2O5S2/c19-18(20)27-15-9-5-4-6-13(15)11-28-16(10-17(23)24)21-12-22-29(25,26)14-7-2-1-3-8-14/h1-9,12,16,18H,10-11H2,(H,21,22)(H,23,24). The lowest BCUT2D eigenvalue weighted by Crippen LogP contribution is -2.23.